The number of aromatic hydroxyl groups is 1. The summed E-state index contributed by atoms with van der Waals surface area (Å²) in [6.45, 7) is 3.08. The van der Waals surface area contributed by atoms with E-state index in [-0.39, 0.29) is 75.1 Å². The number of carboxylic acid groups (broad SMARTS) is 1. The van der Waals surface area contributed by atoms with E-state index in [9.17, 15) is 15.0 Å². The fraction of sp³-hybridized carbons (Fsp3) is 0.381. The zero-order chi connectivity index (χ0) is 18.8. The average Bonchev–Trinajstić information content (AvgIpc) is 2.63. The van der Waals surface area contributed by atoms with Crippen LogP contribution in [0.1, 0.15) is 54.9 Å². The van der Waals surface area contributed by atoms with E-state index < -0.39 is 5.97 Å². The molecular weight excluding hydrogens is 371 g/mol. The van der Waals surface area contributed by atoms with Gasteiger partial charge in [-0.15, -0.1) is 0 Å². The predicted molar refractivity (Wildman–Crippen MR) is 97.5 cm³/mol. The van der Waals surface area contributed by atoms with Crippen molar-refractivity contribution in [2.75, 3.05) is 6.61 Å². The second-order valence-electron chi connectivity index (χ2n) is 6.13. The molecule has 2 rings (SSSR count). The maximum atomic E-state index is 11.1. The maximum Gasteiger partial charge on any atom is 1.00 e. The molecule has 0 radical (unpaired) electrons. The zero-order valence-electron chi connectivity index (χ0n) is 16.1. The van der Waals surface area contributed by atoms with Crippen molar-refractivity contribution in [2.24, 2.45) is 0 Å². The van der Waals surface area contributed by atoms with Crippen molar-refractivity contribution in [3.63, 3.8) is 0 Å². The van der Waals surface area contributed by atoms with E-state index in [0.29, 0.717) is 6.61 Å². The summed E-state index contributed by atoms with van der Waals surface area (Å²) in [7, 11) is 0. The number of hydrogen-bond donors (Lipinski definition) is 1. The Hall–Kier alpha value is -1.05. The summed E-state index contributed by atoms with van der Waals surface area (Å²) in [5.41, 5.74) is 0.531. The van der Waals surface area contributed by atoms with Crippen LogP contribution in [0.2, 0.25) is 0 Å². The van der Waals surface area contributed by atoms with Gasteiger partial charge in [0.15, 0.2) is 0 Å². The standard InChI is InChI=1S/C21H26O5.K/c1-2-3-4-5-6-14-25-17-12-10-16(11-13-17)15-26-19-9-7-8-18(22)20(19)21(23)24;/h7-13,22H,2-6,14-15H2,1H3,(H,23,24);/q;+1/p-1. The first-order valence-corrected chi connectivity index (χ1v) is 8.99. The molecule has 2 aromatic rings. The first-order chi connectivity index (χ1) is 12.6. The van der Waals surface area contributed by atoms with Crippen molar-refractivity contribution in [2.45, 2.75) is 45.6 Å². The van der Waals surface area contributed by atoms with Gasteiger partial charge in [-0.2, -0.15) is 0 Å². The van der Waals surface area contributed by atoms with Gasteiger partial charge in [0.25, 0.3) is 0 Å². The van der Waals surface area contributed by atoms with Crippen molar-refractivity contribution in [3.05, 3.63) is 53.6 Å². The van der Waals surface area contributed by atoms with Gasteiger partial charge in [0, 0.05) is 0 Å². The molecule has 0 amide bonds. The van der Waals surface area contributed by atoms with Crippen LogP contribution in [0.5, 0.6) is 17.2 Å². The maximum absolute atomic E-state index is 11.1. The molecule has 0 aromatic heterocycles. The third-order valence-electron chi connectivity index (χ3n) is 4.04. The monoisotopic (exact) mass is 396 g/mol. The topological polar surface area (TPSA) is 78.8 Å². The van der Waals surface area contributed by atoms with Gasteiger partial charge in [-0.25, -0.2) is 0 Å². The molecule has 2 aromatic carbocycles. The van der Waals surface area contributed by atoms with E-state index >= 15 is 0 Å². The second-order valence-corrected chi connectivity index (χ2v) is 6.13. The molecule has 0 fully saturated rings. The van der Waals surface area contributed by atoms with Crippen LogP contribution in [-0.2, 0) is 6.61 Å². The summed E-state index contributed by atoms with van der Waals surface area (Å²) in [6.07, 6.45) is 5.99. The molecule has 0 aliphatic rings. The minimum absolute atomic E-state index is 0. The molecule has 0 aliphatic carbocycles. The number of carboxylic acids is 1. The fourth-order valence-corrected chi connectivity index (χ4v) is 2.58. The Bertz CT molecular complexity index is 700. The van der Waals surface area contributed by atoms with Crippen molar-refractivity contribution in [1.82, 2.24) is 0 Å². The molecule has 5 nitrogen and oxygen atoms in total. The number of hydrogen-bond acceptors (Lipinski definition) is 5. The van der Waals surface area contributed by atoms with Crippen molar-refractivity contribution in [3.8, 4) is 17.2 Å². The van der Waals surface area contributed by atoms with Crippen LogP contribution < -0.4 is 66.0 Å². The van der Waals surface area contributed by atoms with Crippen LogP contribution in [0, 0.1) is 0 Å². The van der Waals surface area contributed by atoms with Crippen LogP contribution in [0.4, 0.5) is 0 Å². The third-order valence-corrected chi connectivity index (χ3v) is 4.04. The third kappa shape index (κ3) is 8.23. The Morgan fingerprint density at radius 2 is 1.70 bits per heavy atom. The van der Waals surface area contributed by atoms with E-state index in [2.05, 4.69) is 6.92 Å². The summed E-state index contributed by atoms with van der Waals surface area (Å²) in [5.74, 6) is -0.958. The quantitative estimate of drug-likeness (QED) is 0.447. The van der Waals surface area contributed by atoms with Crippen molar-refractivity contribution >= 4 is 5.97 Å². The van der Waals surface area contributed by atoms with Gasteiger partial charge in [0.05, 0.1) is 18.1 Å². The van der Waals surface area contributed by atoms with Crippen molar-refractivity contribution < 1.29 is 75.9 Å². The summed E-state index contributed by atoms with van der Waals surface area (Å²) in [4.78, 5) is 11.1. The minimum Gasteiger partial charge on any atom is -0.545 e. The number of benzene rings is 2. The first-order valence-electron chi connectivity index (χ1n) is 8.99. The van der Waals surface area contributed by atoms with E-state index in [1.54, 1.807) is 0 Å². The summed E-state index contributed by atoms with van der Waals surface area (Å²) >= 11 is 0. The molecule has 0 bridgehead atoms. The van der Waals surface area contributed by atoms with Crippen LogP contribution in [0.3, 0.4) is 0 Å². The molecular formula is C21H25KO5. The molecule has 1 N–H and O–H groups in total. The van der Waals surface area contributed by atoms with Crippen molar-refractivity contribution in [1.29, 1.82) is 0 Å². The number of ether oxygens (including phenoxy) is 2. The largest absolute Gasteiger partial charge is 1.00 e. The number of unbranched alkanes of at least 4 members (excludes halogenated alkanes) is 4. The van der Waals surface area contributed by atoms with Crippen LogP contribution in [-0.4, -0.2) is 17.7 Å². The van der Waals surface area contributed by atoms with Crippen LogP contribution in [0.15, 0.2) is 42.5 Å². The molecule has 140 valence electrons. The Labute approximate surface area is 203 Å². The smallest absolute Gasteiger partial charge is 0.545 e. The summed E-state index contributed by atoms with van der Waals surface area (Å²) in [6, 6.07) is 11.8. The number of carbonyl (C=O) groups is 1. The molecule has 27 heavy (non-hydrogen) atoms. The molecule has 0 atom stereocenters. The molecule has 0 aliphatic heterocycles. The Balaban J connectivity index is 0.00000364. The number of aromatic carboxylic acids is 1. The van der Waals surface area contributed by atoms with Gasteiger partial charge in [0.2, 0.25) is 0 Å². The number of phenols is 1. The van der Waals surface area contributed by atoms with Gasteiger partial charge in [0.1, 0.15) is 23.9 Å². The van der Waals surface area contributed by atoms with Gasteiger partial charge >= 0.3 is 51.4 Å². The molecule has 0 heterocycles. The summed E-state index contributed by atoms with van der Waals surface area (Å²) < 4.78 is 11.2. The molecule has 0 spiro atoms. The first kappa shape index (κ1) is 24.0. The number of carbonyl (C=O) groups excluding carboxylic acids is 1. The Kier molecular flexibility index (Phi) is 11.7. The van der Waals surface area contributed by atoms with Gasteiger partial charge < -0.3 is 24.5 Å². The normalized spacial score (nSPS) is 10.1. The Morgan fingerprint density at radius 3 is 2.37 bits per heavy atom. The SMILES string of the molecule is CCCCCCCOc1ccc(COc2cccc(O)c2C(=O)[O-])cc1.[K+]. The van der Waals surface area contributed by atoms with Gasteiger partial charge in [-0.3, -0.25) is 0 Å². The van der Waals surface area contributed by atoms with E-state index in [1.165, 1.54) is 43.9 Å². The predicted octanol–water partition coefficient (Wildman–Crippen LogP) is 0.688. The average molecular weight is 397 g/mol. The molecule has 0 saturated heterocycles. The summed E-state index contributed by atoms with van der Waals surface area (Å²) in [5, 5.41) is 20.7. The Morgan fingerprint density at radius 1 is 1.00 bits per heavy atom. The van der Waals surface area contributed by atoms with Crippen LogP contribution >= 0.6 is 0 Å². The molecule has 0 saturated carbocycles. The van der Waals surface area contributed by atoms with Gasteiger partial charge in [-0.1, -0.05) is 50.8 Å². The molecule has 0 unspecified atom stereocenters. The van der Waals surface area contributed by atoms with E-state index in [0.717, 1.165) is 17.7 Å². The van der Waals surface area contributed by atoms with E-state index in [4.69, 9.17) is 9.47 Å². The fourth-order valence-electron chi connectivity index (χ4n) is 2.58. The second kappa shape index (κ2) is 13.2. The van der Waals surface area contributed by atoms with E-state index in [1.807, 2.05) is 24.3 Å². The minimum atomic E-state index is -1.47. The van der Waals surface area contributed by atoms with Crippen LogP contribution in [0.25, 0.3) is 0 Å². The van der Waals surface area contributed by atoms with Gasteiger partial charge in [-0.05, 0) is 36.2 Å². The molecule has 6 heteroatoms. The zero-order valence-corrected chi connectivity index (χ0v) is 19.2. The number of rotatable bonds is 11.